The van der Waals surface area contributed by atoms with Crippen LogP contribution in [-0.4, -0.2) is 91.7 Å². The SMILES string of the molecule is C=CN=C(N1CCC(NC(=O)C2CCNCC2)CC1)N(C)N(C)/C(CC)=C(\NCC)N(C)c1nc(-c2ccc(F)cc2)c(C#N)s1. The number of hydrogen-bond donors (Lipinski definition) is 3. The normalized spacial score (nSPS) is 16.7. The average molecular weight is 651 g/mol. The van der Waals surface area contributed by atoms with E-state index in [1.807, 2.05) is 38.0 Å². The Hall–Kier alpha value is -4.15. The van der Waals surface area contributed by atoms with Gasteiger partial charge in [-0.25, -0.2) is 14.4 Å². The van der Waals surface area contributed by atoms with E-state index in [0.717, 1.165) is 69.3 Å². The number of nitrogens with one attached hydrogen (secondary N) is 3. The Bertz CT molecular complexity index is 1440. The molecule has 0 atom stereocenters. The van der Waals surface area contributed by atoms with Crippen molar-refractivity contribution in [2.24, 2.45) is 10.9 Å². The lowest BCUT2D eigenvalue weighted by Gasteiger charge is -2.42. The molecule has 0 unspecified atom stereocenters. The van der Waals surface area contributed by atoms with Crippen LogP contribution in [0.15, 0.2) is 53.6 Å². The van der Waals surface area contributed by atoms with Crippen LogP contribution in [0.3, 0.4) is 0 Å². The molecule has 2 aromatic rings. The molecule has 2 fully saturated rings. The van der Waals surface area contributed by atoms with Crippen LogP contribution in [0.2, 0.25) is 0 Å². The minimum atomic E-state index is -0.338. The third kappa shape index (κ3) is 8.16. The highest BCUT2D eigenvalue weighted by Crippen LogP contribution is 2.34. The molecule has 0 aliphatic carbocycles. The summed E-state index contributed by atoms with van der Waals surface area (Å²) in [5, 5.41) is 24.8. The lowest BCUT2D eigenvalue weighted by Crippen LogP contribution is -2.54. The molecule has 3 heterocycles. The van der Waals surface area contributed by atoms with Crippen LogP contribution in [0.25, 0.3) is 11.3 Å². The van der Waals surface area contributed by atoms with E-state index in [-0.39, 0.29) is 23.7 Å². The second-order valence-corrected chi connectivity index (χ2v) is 12.5. The molecule has 11 nitrogen and oxygen atoms in total. The highest BCUT2D eigenvalue weighted by atomic mass is 32.1. The van der Waals surface area contributed by atoms with Gasteiger partial charge in [0.05, 0.1) is 5.70 Å². The number of allylic oxidation sites excluding steroid dienone is 1. The standard InChI is InChI=1S/C33H47FN10OS/c1-7-27(30(37-8-2)41(4)33-40-29(28(22-35)46-33)23-10-12-25(34)13-11-23)42(5)43(6)32(38-9-3)44-20-16-26(17-21-44)39-31(45)24-14-18-36-19-15-24/h9-13,24,26,36-37H,3,7-8,14-21H2,1-2,4-6H3,(H,39,45)/b30-27+,38-32?. The van der Waals surface area contributed by atoms with E-state index in [4.69, 9.17) is 4.98 Å². The number of guanidine groups is 1. The molecular weight excluding hydrogens is 603 g/mol. The van der Waals surface area contributed by atoms with Crippen molar-refractivity contribution in [3.05, 3.63) is 59.3 Å². The van der Waals surface area contributed by atoms with Gasteiger partial charge in [0.25, 0.3) is 0 Å². The van der Waals surface area contributed by atoms with Gasteiger partial charge >= 0.3 is 0 Å². The number of nitrogens with zero attached hydrogens (tertiary/aromatic N) is 7. The van der Waals surface area contributed by atoms with Crippen LogP contribution >= 0.6 is 11.3 Å². The van der Waals surface area contributed by atoms with Gasteiger partial charge in [-0.1, -0.05) is 24.8 Å². The Morgan fingerprint density at radius 2 is 1.85 bits per heavy atom. The first kappa shape index (κ1) is 34.7. The van der Waals surface area contributed by atoms with Gasteiger partial charge in [-0.3, -0.25) is 14.8 Å². The topological polar surface area (TPSA) is 115 Å². The maximum absolute atomic E-state index is 13.6. The molecule has 0 radical (unpaired) electrons. The van der Waals surface area contributed by atoms with Gasteiger partial charge < -0.3 is 25.8 Å². The third-order valence-electron chi connectivity index (χ3n) is 8.58. The minimum absolute atomic E-state index is 0.102. The Balaban J connectivity index is 1.52. The van der Waals surface area contributed by atoms with E-state index < -0.39 is 0 Å². The van der Waals surface area contributed by atoms with Crippen molar-refractivity contribution in [2.75, 3.05) is 58.8 Å². The maximum Gasteiger partial charge on any atom is 0.223 e. The van der Waals surface area contributed by atoms with Crippen molar-refractivity contribution in [2.45, 2.75) is 52.0 Å². The number of rotatable bonds is 11. The van der Waals surface area contributed by atoms with Gasteiger partial charge in [-0.15, -0.1) is 0 Å². The fourth-order valence-corrected chi connectivity index (χ4v) is 6.81. The first-order valence-corrected chi connectivity index (χ1v) is 16.8. The number of amides is 1. The number of piperidine rings is 2. The van der Waals surface area contributed by atoms with Gasteiger partial charge in [0.1, 0.15) is 28.3 Å². The summed E-state index contributed by atoms with van der Waals surface area (Å²) in [5.74, 6) is 1.56. The largest absolute Gasteiger partial charge is 0.370 e. The van der Waals surface area contributed by atoms with Crippen LogP contribution in [0.4, 0.5) is 9.52 Å². The number of hydrogen-bond acceptors (Lipinski definition) is 9. The molecule has 3 N–H and O–H groups in total. The summed E-state index contributed by atoms with van der Waals surface area (Å²) < 4.78 is 13.6. The number of thiazole rings is 1. The minimum Gasteiger partial charge on any atom is -0.370 e. The van der Waals surface area contributed by atoms with Crippen molar-refractivity contribution in [3.63, 3.8) is 0 Å². The van der Waals surface area contributed by atoms with E-state index in [1.54, 1.807) is 18.3 Å². The summed E-state index contributed by atoms with van der Waals surface area (Å²) in [6, 6.07) is 8.44. The smallest absolute Gasteiger partial charge is 0.223 e. The van der Waals surface area contributed by atoms with Crippen molar-refractivity contribution in [1.82, 2.24) is 35.9 Å². The van der Waals surface area contributed by atoms with Crippen molar-refractivity contribution >= 4 is 28.3 Å². The number of halogens is 1. The van der Waals surface area contributed by atoms with Crippen LogP contribution in [0.5, 0.6) is 0 Å². The quantitative estimate of drug-likeness (QED) is 0.186. The predicted octanol–water partition coefficient (Wildman–Crippen LogP) is 4.30. The highest BCUT2D eigenvalue weighted by molar-refractivity contribution is 7.16. The monoisotopic (exact) mass is 650 g/mol. The molecular formula is C33H47FN10OS. The van der Waals surface area contributed by atoms with E-state index >= 15 is 0 Å². The van der Waals surface area contributed by atoms with Crippen LogP contribution in [-0.2, 0) is 4.79 Å². The number of likely N-dealkylation sites (tertiary alicyclic amines) is 1. The van der Waals surface area contributed by atoms with E-state index in [2.05, 4.69) is 50.4 Å². The number of hydrazine groups is 1. The summed E-state index contributed by atoms with van der Waals surface area (Å²) in [6.07, 6.45) is 5.73. The average Bonchev–Trinajstić information content (AvgIpc) is 3.52. The number of nitriles is 1. The van der Waals surface area contributed by atoms with Crippen molar-refractivity contribution in [1.29, 1.82) is 5.26 Å². The van der Waals surface area contributed by atoms with Gasteiger partial charge in [0.2, 0.25) is 11.9 Å². The van der Waals surface area contributed by atoms with E-state index in [9.17, 15) is 14.4 Å². The van der Waals surface area contributed by atoms with E-state index in [0.29, 0.717) is 34.2 Å². The van der Waals surface area contributed by atoms with Crippen LogP contribution in [0.1, 0.15) is 50.8 Å². The maximum atomic E-state index is 13.6. The molecule has 248 valence electrons. The fourth-order valence-electron chi connectivity index (χ4n) is 5.95. The number of carbonyl (C=O) groups is 1. The molecule has 1 aromatic heterocycles. The van der Waals surface area contributed by atoms with Gasteiger partial charge in [-0.2, -0.15) is 5.26 Å². The molecule has 0 saturated carbocycles. The molecule has 2 saturated heterocycles. The van der Waals surface area contributed by atoms with Crippen molar-refractivity contribution in [3.8, 4) is 17.3 Å². The Morgan fingerprint density at radius 1 is 1.17 bits per heavy atom. The molecule has 2 aliphatic heterocycles. The Morgan fingerprint density at radius 3 is 2.43 bits per heavy atom. The molecule has 0 bridgehead atoms. The summed E-state index contributed by atoms with van der Waals surface area (Å²) in [7, 11) is 5.91. The fraction of sp³-hybridized carbons (Fsp3) is 0.515. The number of aromatic nitrogens is 1. The predicted molar refractivity (Wildman–Crippen MR) is 183 cm³/mol. The lowest BCUT2D eigenvalue weighted by atomic mass is 9.96. The molecule has 46 heavy (non-hydrogen) atoms. The molecule has 0 spiro atoms. The number of aliphatic imine (C=N–C) groups is 1. The number of benzene rings is 1. The molecule has 13 heteroatoms. The molecule has 2 aliphatic rings. The van der Waals surface area contributed by atoms with Crippen molar-refractivity contribution < 1.29 is 9.18 Å². The number of carbonyl (C=O) groups excluding carboxylic acids is 1. The molecule has 1 amide bonds. The summed E-state index contributed by atoms with van der Waals surface area (Å²) in [6.45, 7) is 12.0. The van der Waals surface area contributed by atoms with Gasteiger partial charge in [-0.05, 0) is 76.4 Å². The third-order valence-corrected chi connectivity index (χ3v) is 9.62. The molecule has 4 rings (SSSR count). The molecule has 1 aromatic carbocycles. The zero-order valence-electron chi connectivity index (χ0n) is 27.6. The van der Waals surface area contributed by atoms with Crippen LogP contribution < -0.4 is 20.9 Å². The zero-order valence-corrected chi connectivity index (χ0v) is 28.5. The Kier molecular flexibility index (Phi) is 12.4. The zero-order chi connectivity index (χ0) is 33.2. The summed E-state index contributed by atoms with van der Waals surface area (Å²) in [4.78, 5) is 27.0. The van der Waals surface area contributed by atoms with Gasteiger partial charge in [0.15, 0.2) is 5.13 Å². The number of anilines is 1. The lowest BCUT2D eigenvalue weighted by molar-refractivity contribution is -0.126. The second kappa shape index (κ2) is 16.4. The van der Waals surface area contributed by atoms with E-state index in [1.165, 1.54) is 23.5 Å². The highest BCUT2D eigenvalue weighted by Gasteiger charge is 2.30. The first-order chi connectivity index (χ1) is 22.2. The second-order valence-electron chi connectivity index (χ2n) is 11.5. The summed E-state index contributed by atoms with van der Waals surface area (Å²) >= 11 is 1.29. The van der Waals surface area contributed by atoms with Crippen LogP contribution in [0, 0.1) is 23.1 Å². The summed E-state index contributed by atoms with van der Waals surface area (Å²) in [5.41, 5.74) is 2.21. The Labute approximate surface area is 276 Å². The van der Waals surface area contributed by atoms with Gasteiger partial charge in [0, 0.05) is 64.5 Å². The first-order valence-electron chi connectivity index (χ1n) is 16.0.